The molecule has 0 spiro atoms. The lowest BCUT2D eigenvalue weighted by molar-refractivity contribution is 0.304. The fraction of sp³-hybridized carbons (Fsp3) is 0.625. The third-order valence-corrected chi connectivity index (χ3v) is 7.02. The van der Waals surface area contributed by atoms with Gasteiger partial charge in [-0.05, 0) is 54.0 Å². The molecule has 0 bridgehead atoms. The van der Waals surface area contributed by atoms with Crippen LogP contribution < -0.4 is 4.74 Å². The molecular weight excluding hydrogens is 400 g/mol. The molecule has 2 aromatic carbocycles. The summed E-state index contributed by atoms with van der Waals surface area (Å²) in [5.41, 5.74) is 4.02. The molecule has 2 aromatic rings. The molecular formula is C32H50O. The summed E-state index contributed by atoms with van der Waals surface area (Å²) in [5.74, 6) is 1.86. The van der Waals surface area contributed by atoms with Gasteiger partial charge in [-0.25, -0.2) is 0 Å². The number of hydrogen-bond donors (Lipinski definition) is 0. The van der Waals surface area contributed by atoms with E-state index in [1.807, 2.05) is 0 Å². The van der Waals surface area contributed by atoms with Crippen LogP contribution in [0.25, 0.3) is 11.1 Å². The van der Waals surface area contributed by atoms with E-state index in [1.165, 1.54) is 107 Å². The van der Waals surface area contributed by atoms with Crippen molar-refractivity contribution >= 4 is 0 Å². The van der Waals surface area contributed by atoms with Crippen molar-refractivity contribution in [2.75, 3.05) is 6.61 Å². The van der Waals surface area contributed by atoms with Crippen molar-refractivity contribution in [2.24, 2.45) is 5.92 Å². The highest BCUT2D eigenvalue weighted by Crippen LogP contribution is 2.24. The van der Waals surface area contributed by atoms with Crippen molar-refractivity contribution in [3.63, 3.8) is 0 Å². The number of benzene rings is 2. The Morgan fingerprint density at radius 1 is 0.606 bits per heavy atom. The zero-order valence-electron chi connectivity index (χ0n) is 21.9. The summed E-state index contributed by atoms with van der Waals surface area (Å²) in [5, 5.41) is 0. The van der Waals surface area contributed by atoms with E-state index in [2.05, 4.69) is 69.3 Å². The van der Waals surface area contributed by atoms with Gasteiger partial charge in [0.25, 0.3) is 0 Å². The fourth-order valence-electron chi connectivity index (χ4n) is 4.41. The van der Waals surface area contributed by atoms with Gasteiger partial charge in [0.15, 0.2) is 0 Å². The Morgan fingerprint density at radius 3 is 1.73 bits per heavy atom. The normalized spacial score (nSPS) is 12.1. The summed E-state index contributed by atoms with van der Waals surface area (Å²) < 4.78 is 5.97. The minimum Gasteiger partial charge on any atom is -0.494 e. The van der Waals surface area contributed by atoms with Crippen LogP contribution in [0, 0.1) is 5.92 Å². The van der Waals surface area contributed by atoms with E-state index in [4.69, 9.17) is 4.74 Å². The highest BCUT2D eigenvalue weighted by molar-refractivity contribution is 5.64. The number of ether oxygens (including phenoxy) is 1. The van der Waals surface area contributed by atoms with Gasteiger partial charge in [-0.3, -0.25) is 0 Å². The second-order valence-electron chi connectivity index (χ2n) is 10.0. The molecule has 0 heterocycles. The molecule has 0 saturated heterocycles. The first kappa shape index (κ1) is 27.5. The van der Waals surface area contributed by atoms with Gasteiger partial charge in [0, 0.05) is 0 Å². The van der Waals surface area contributed by atoms with E-state index < -0.39 is 0 Å². The van der Waals surface area contributed by atoms with Crippen LogP contribution in [0.1, 0.15) is 116 Å². The van der Waals surface area contributed by atoms with Crippen molar-refractivity contribution in [1.82, 2.24) is 0 Å². The quantitative estimate of drug-likeness (QED) is 0.193. The smallest absolute Gasteiger partial charge is 0.119 e. The van der Waals surface area contributed by atoms with Crippen LogP contribution in [0.4, 0.5) is 0 Å². The fourth-order valence-corrected chi connectivity index (χ4v) is 4.41. The van der Waals surface area contributed by atoms with Gasteiger partial charge in [-0.1, -0.05) is 134 Å². The molecule has 1 heteroatoms. The second-order valence-corrected chi connectivity index (χ2v) is 10.0. The van der Waals surface area contributed by atoms with Gasteiger partial charge >= 0.3 is 0 Å². The molecule has 0 aliphatic rings. The number of rotatable bonds is 19. The van der Waals surface area contributed by atoms with Gasteiger partial charge in [0.05, 0.1) is 6.61 Å². The predicted molar refractivity (Wildman–Crippen MR) is 146 cm³/mol. The molecule has 1 unspecified atom stereocenters. The molecule has 1 nitrogen and oxygen atoms in total. The number of unbranched alkanes of at least 4 members (excludes halogenated alkanes) is 10. The summed E-state index contributed by atoms with van der Waals surface area (Å²) in [4.78, 5) is 0. The molecule has 2 rings (SSSR count). The lowest BCUT2D eigenvalue weighted by Gasteiger charge is -2.09. The Balaban J connectivity index is 1.58. The number of aryl methyl sites for hydroxylation is 1. The van der Waals surface area contributed by atoms with Crippen molar-refractivity contribution < 1.29 is 4.74 Å². The Bertz CT molecular complexity index is 700. The average Bonchev–Trinajstić information content (AvgIpc) is 2.86. The maximum absolute atomic E-state index is 5.97. The highest BCUT2D eigenvalue weighted by atomic mass is 16.5. The van der Waals surface area contributed by atoms with Gasteiger partial charge in [-0.15, -0.1) is 0 Å². The first-order chi connectivity index (χ1) is 16.2. The molecule has 0 radical (unpaired) electrons. The maximum atomic E-state index is 5.97. The van der Waals surface area contributed by atoms with E-state index in [0.29, 0.717) is 0 Å². The zero-order valence-corrected chi connectivity index (χ0v) is 21.9. The second kappa shape index (κ2) is 17.7. The van der Waals surface area contributed by atoms with Crippen molar-refractivity contribution in [2.45, 2.75) is 117 Å². The van der Waals surface area contributed by atoms with Gasteiger partial charge in [-0.2, -0.15) is 0 Å². The van der Waals surface area contributed by atoms with Crippen LogP contribution in [0.5, 0.6) is 5.75 Å². The van der Waals surface area contributed by atoms with Crippen LogP contribution in [0.15, 0.2) is 48.5 Å². The van der Waals surface area contributed by atoms with E-state index in [1.54, 1.807) is 0 Å². The van der Waals surface area contributed by atoms with E-state index in [-0.39, 0.29) is 0 Å². The molecule has 1 atom stereocenters. The van der Waals surface area contributed by atoms with Crippen LogP contribution >= 0.6 is 0 Å². The topological polar surface area (TPSA) is 9.23 Å². The third-order valence-electron chi connectivity index (χ3n) is 7.02. The summed E-state index contributed by atoms with van der Waals surface area (Å²) in [7, 11) is 0. The molecule has 0 aromatic heterocycles. The summed E-state index contributed by atoms with van der Waals surface area (Å²) in [6.07, 6.45) is 20.1. The van der Waals surface area contributed by atoms with Gasteiger partial charge in [0.1, 0.15) is 5.75 Å². The maximum Gasteiger partial charge on any atom is 0.119 e. The summed E-state index contributed by atoms with van der Waals surface area (Å²) in [6, 6.07) is 17.8. The van der Waals surface area contributed by atoms with E-state index in [9.17, 15) is 0 Å². The molecule has 0 amide bonds. The third kappa shape index (κ3) is 12.3. The first-order valence-electron chi connectivity index (χ1n) is 14.0. The van der Waals surface area contributed by atoms with Crippen molar-refractivity contribution in [3.05, 3.63) is 54.1 Å². The Morgan fingerprint density at radius 2 is 1.15 bits per heavy atom. The molecule has 33 heavy (non-hydrogen) atoms. The summed E-state index contributed by atoms with van der Waals surface area (Å²) in [6.45, 7) is 7.78. The lowest BCUT2D eigenvalue weighted by Crippen LogP contribution is -1.97. The molecule has 0 fully saturated rings. The van der Waals surface area contributed by atoms with E-state index >= 15 is 0 Å². The van der Waals surface area contributed by atoms with Crippen LogP contribution in [-0.2, 0) is 6.42 Å². The van der Waals surface area contributed by atoms with Crippen LogP contribution in [0.2, 0.25) is 0 Å². The van der Waals surface area contributed by atoms with Gasteiger partial charge in [0.2, 0.25) is 0 Å². The largest absolute Gasteiger partial charge is 0.494 e. The van der Waals surface area contributed by atoms with Crippen LogP contribution in [-0.4, -0.2) is 6.61 Å². The SMILES string of the molecule is CCCCCCCCCCCCOc1ccc(-c2ccc(CCCCC(C)CC)cc2)cc1. The van der Waals surface area contributed by atoms with Crippen molar-refractivity contribution in [3.8, 4) is 16.9 Å². The minimum absolute atomic E-state index is 0.835. The molecule has 184 valence electrons. The lowest BCUT2D eigenvalue weighted by atomic mass is 9.98. The van der Waals surface area contributed by atoms with Crippen LogP contribution in [0.3, 0.4) is 0 Å². The van der Waals surface area contributed by atoms with Crippen molar-refractivity contribution in [1.29, 1.82) is 0 Å². The average molecular weight is 451 g/mol. The molecule has 0 aliphatic heterocycles. The Kier molecular flexibility index (Phi) is 14.7. The summed E-state index contributed by atoms with van der Waals surface area (Å²) >= 11 is 0. The molecule has 0 aliphatic carbocycles. The minimum atomic E-state index is 0.835. The Labute approximate surface area is 205 Å². The predicted octanol–water partition coefficient (Wildman–Crippen LogP) is 10.4. The Hall–Kier alpha value is -1.76. The van der Waals surface area contributed by atoms with Gasteiger partial charge < -0.3 is 4.74 Å². The molecule has 0 N–H and O–H groups in total. The number of hydrogen-bond acceptors (Lipinski definition) is 1. The highest BCUT2D eigenvalue weighted by Gasteiger charge is 2.02. The molecule has 0 saturated carbocycles. The first-order valence-corrected chi connectivity index (χ1v) is 14.0. The zero-order chi connectivity index (χ0) is 23.6. The monoisotopic (exact) mass is 450 g/mol. The van der Waals surface area contributed by atoms with E-state index in [0.717, 1.165) is 24.7 Å². The standard InChI is InChI=1S/C32H50O/c1-4-6-7-8-9-10-11-12-13-16-27-33-32-25-23-31(24-26-32)30-21-19-29(20-22-30)18-15-14-17-28(3)5-2/h19-26,28H,4-18,27H2,1-3H3.